The van der Waals surface area contributed by atoms with E-state index in [0.717, 1.165) is 0 Å². The lowest BCUT2D eigenvalue weighted by atomic mass is 10.2. The molecule has 7 heteroatoms. The van der Waals surface area contributed by atoms with Gasteiger partial charge < -0.3 is 15.0 Å². The molecule has 0 aliphatic heterocycles. The summed E-state index contributed by atoms with van der Waals surface area (Å²) >= 11 is 0. The van der Waals surface area contributed by atoms with Crippen LogP contribution in [0.25, 0.3) is 11.0 Å². The zero-order valence-corrected chi connectivity index (χ0v) is 10.6. The Labute approximate surface area is 109 Å². The summed E-state index contributed by atoms with van der Waals surface area (Å²) in [5, 5.41) is 5.15. The third-order valence-corrected chi connectivity index (χ3v) is 2.47. The highest BCUT2D eigenvalue weighted by atomic mass is 16.5. The SMILES string of the molecule is CCNC(=O)Nc1nc2ccc(C(=O)OC)cc2[nH]1. The van der Waals surface area contributed by atoms with Gasteiger partial charge in [-0.25, -0.2) is 14.6 Å². The highest BCUT2D eigenvalue weighted by Gasteiger charge is 2.10. The third-order valence-electron chi connectivity index (χ3n) is 2.47. The number of ether oxygens (including phenoxy) is 1. The first-order chi connectivity index (χ1) is 9.13. The number of carbonyl (C=O) groups is 2. The van der Waals surface area contributed by atoms with Crippen LogP contribution in [0.2, 0.25) is 0 Å². The molecule has 1 aromatic carbocycles. The molecule has 1 heterocycles. The molecule has 0 fully saturated rings. The van der Waals surface area contributed by atoms with Crippen LogP contribution in [0.4, 0.5) is 10.7 Å². The Morgan fingerprint density at radius 2 is 2.21 bits per heavy atom. The summed E-state index contributed by atoms with van der Waals surface area (Å²) in [7, 11) is 1.32. The van der Waals surface area contributed by atoms with Crippen molar-refractivity contribution in [1.82, 2.24) is 15.3 Å². The van der Waals surface area contributed by atoms with Gasteiger partial charge in [0.2, 0.25) is 5.95 Å². The van der Waals surface area contributed by atoms with E-state index in [0.29, 0.717) is 29.1 Å². The van der Waals surface area contributed by atoms with Gasteiger partial charge in [-0.1, -0.05) is 0 Å². The number of anilines is 1. The average Bonchev–Trinajstić information content (AvgIpc) is 2.78. The van der Waals surface area contributed by atoms with Gasteiger partial charge >= 0.3 is 12.0 Å². The molecular formula is C12H14N4O3. The second kappa shape index (κ2) is 5.38. The molecule has 3 N–H and O–H groups in total. The molecule has 0 bridgehead atoms. The largest absolute Gasteiger partial charge is 0.465 e. The molecule has 0 aliphatic rings. The quantitative estimate of drug-likeness (QED) is 0.730. The minimum absolute atomic E-state index is 0.322. The van der Waals surface area contributed by atoms with E-state index < -0.39 is 5.97 Å². The standard InChI is InChI=1S/C12H14N4O3/c1-3-13-12(18)16-11-14-8-5-4-7(10(17)19-2)6-9(8)15-11/h4-6H,3H2,1-2H3,(H3,13,14,15,16,18). The number of nitrogens with zero attached hydrogens (tertiary/aromatic N) is 1. The first kappa shape index (κ1) is 12.9. The van der Waals surface area contributed by atoms with Crippen molar-refractivity contribution in [3.63, 3.8) is 0 Å². The van der Waals surface area contributed by atoms with E-state index in [4.69, 9.17) is 0 Å². The van der Waals surface area contributed by atoms with Gasteiger partial charge in [0.05, 0.1) is 23.7 Å². The van der Waals surface area contributed by atoms with Crippen LogP contribution in [-0.4, -0.2) is 35.6 Å². The van der Waals surface area contributed by atoms with Gasteiger partial charge in [0, 0.05) is 6.54 Å². The fraction of sp³-hybridized carbons (Fsp3) is 0.250. The summed E-state index contributed by atoms with van der Waals surface area (Å²) in [6, 6.07) is 4.58. The first-order valence-corrected chi connectivity index (χ1v) is 5.77. The minimum Gasteiger partial charge on any atom is -0.465 e. The molecule has 2 rings (SSSR count). The number of H-pyrrole nitrogens is 1. The van der Waals surface area contributed by atoms with Crippen molar-refractivity contribution in [2.45, 2.75) is 6.92 Å². The van der Waals surface area contributed by atoms with E-state index in [-0.39, 0.29) is 6.03 Å². The van der Waals surface area contributed by atoms with E-state index in [1.807, 2.05) is 6.92 Å². The molecule has 0 atom stereocenters. The Bertz CT molecular complexity index is 620. The van der Waals surface area contributed by atoms with E-state index >= 15 is 0 Å². The van der Waals surface area contributed by atoms with Crippen LogP contribution < -0.4 is 10.6 Å². The number of rotatable bonds is 3. The molecule has 2 amide bonds. The lowest BCUT2D eigenvalue weighted by molar-refractivity contribution is 0.0601. The fourth-order valence-corrected chi connectivity index (χ4v) is 1.63. The van der Waals surface area contributed by atoms with Crippen LogP contribution >= 0.6 is 0 Å². The number of hydrogen-bond acceptors (Lipinski definition) is 4. The molecule has 0 spiro atoms. The second-order valence-electron chi connectivity index (χ2n) is 3.79. The topological polar surface area (TPSA) is 96.1 Å². The number of aromatic amines is 1. The number of carbonyl (C=O) groups excluding carboxylic acids is 2. The monoisotopic (exact) mass is 262 g/mol. The molecule has 2 aromatic rings. The van der Waals surface area contributed by atoms with Gasteiger partial charge in [0.1, 0.15) is 0 Å². The summed E-state index contributed by atoms with van der Waals surface area (Å²) in [6.45, 7) is 2.35. The van der Waals surface area contributed by atoms with Crippen molar-refractivity contribution >= 4 is 29.0 Å². The average molecular weight is 262 g/mol. The molecular weight excluding hydrogens is 248 g/mol. The number of hydrogen-bond donors (Lipinski definition) is 3. The zero-order valence-electron chi connectivity index (χ0n) is 10.6. The Kier molecular flexibility index (Phi) is 3.65. The number of amides is 2. The molecule has 0 radical (unpaired) electrons. The molecule has 7 nitrogen and oxygen atoms in total. The lowest BCUT2D eigenvalue weighted by Gasteiger charge is -2.00. The summed E-state index contributed by atoms with van der Waals surface area (Å²) < 4.78 is 4.64. The number of esters is 1. The summed E-state index contributed by atoms with van der Waals surface area (Å²) in [5.74, 6) is -0.0994. The molecule has 0 unspecified atom stereocenters. The van der Waals surface area contributed by atoms with Crippen LogP contribution in [0.15, 0.2) is 18.2 Å². The van der Waals surface area contributed by atoms with Crippen LogP contribution in [0, 0.1) is 0 Å². The highest BCUT2D eigenvalue weighted by molar-refractivity contribution is 5.95. The van der Waals surface area contributed by atoms with Crippen LogP contribution in [-0.2, 0) is 4.74 Å². The Balaban J connectivity index is 2.25. The molecule has 0 saturated heterocycles. The van der Waals surface area contributed by atoms with Gasteiger partial charge in [-0.2, -0.15) is 0 Å². The summed E-state index contributed by atoms with van der Waals surface area (Å²) in [5.41, 5.74) is 1.72. The smallest absolute Gasteiger partial charge is 0.337 e. The van der Waals surface area contributed by atoms with Gasteiger partial charge in [-0.05, 0) is 25.1 Å². The Morgan fingerprint density at radius 3 is 2.89 bits per heavy atom. The van der Waals surface area contributed by atoms with Gasteiger partial charge in [0.25, 0.3) is 0 Å². The Hall–Kier alpha value is -2.57. The van der Waals surface area contributed by atoms with Gasteiger partial charge in [-0.3, -0.25) is 5.32 Å². The Morgan fingerprint density at radius 1 is 1.42 bits per heavy atom. The van der Waals surface area contributed by atoms with Gasteiger partial charge in [0.15, 0.2) is 0 Å². The van der Waals surface area contributed by atoms with E-state index in [9.17, 15) is 9.59 Å². The van der Waals surface area contributed by atoms with Crippen molar-refractivity contribution in [3.05, 3.63) is 23.8 Å². The molecule has 0 aliphatic carbocycles. The van der Waals surface area contributed by atoms with Gasteiger partial charge in [-0.15, -0.1) is 0 Å². The van der Waals surface area contributed by atoms with E-state index in [1.165, 1.54) is 7.11 Å². The lowest BCUT2D eigenvalue weighted by Crippen LogP contribution is -2.28. The van der Waals surface area contributed by atoms with Crippen LogP contribution in [0.1, 0.15) is 17.3 Å². The summed E-state index contributed by atoms with van der Waals surface area (Å²) in [4.78, 5) is 29.8. The number of fused-ring (bicyclic) bond motifs is 1. The molecule has 100 valence electrons. The van der Waals surface area contributed by atoms with Crippen LogP contribution in [0.5, 0.6) is 0 Å². The summed E-state index contributed by atoms with van der Waals surface area (Å²) in [6.07, 6.45) is 0. The maximum absolute atomic E-state index is 11.4. The zero-order chi connectivity index (χ0) is 13.8. The number of urea groups is 1. The number of aromatic nitrogens is 2. The second-order valence-corrected chi connectivity index (χ2v) is 3.79. The van der Waals surface area contributed by atoms with Crippen molar-refractivity contribution in [2.75, 3.05) is 19.0 Å². The minimum atomic E-state index is -0.422. The fourth-order valence-electron chi connectivity index (χ4n) is 1.63. The van der Waals surface area contributed by atoms with Crippen molar-refractivity contribution in [1.29, 1.82) is 0 Å². The molecule has 0 saturated carbocycles. The predicted molar refractivity (Wildman–Crippen MR) is 70.1 cm³/mol. The molecule has 19 heavy (non-hydrogen) atoms. The number of imidazole rings is 1. The van der Waals surface area contributed by atoms with Crippen molar-refractivity contribution in [3.8, 4) is 0 Å². The van der Waals surface area contributed by atoms with Crippen molar-refractivity contribution in [2.24, 2.45) is 0 Å². The number of methoxy groups -OCH3 is 1. The predicted octanol–water partition coefficient (Wildman–Crippen LogP) is 1.49. The maximum Gasteiger partial charge on any atom is 0.337 e. The van der Waals surface area contributed by atoms with Crippen LogP contribution in [0.3, 0.4) is 0 Å². The van der Waals surface area contributed by atoms with Crippen molar-refractivity contribution < 1.29 is 14.3 Å². The third kappa shape index (κ3) is 2.82. The maximum atomic E-state index is 11.4. The van der Waals surface area contributed by atoms with E-state index in [2.05, 4.69) is 25.3 Å². The molecule has 1 aromatic heterocycles. The first-order valence-electron chi connectivity index (χ1n) is 5.77. The highest BCUT2D eigenvalue weighted by Crippen LogP contribution is 2.16. The normalized spacial score (nSPS) is 10.2. The number of nitrogens with one attached hydrogen (secondary N) is 3. The number of benzene rings is 1. The van der Waals surface area contributed by atoms with E-state index in [1.54, 1.807) is 18.2 Å².